The molecule has 20 heteroatoms. The quantitative estimate of drug-likeness (QED) is 0.0500. The summed E-state index contributed by atoms with van der Waals surface area (Å²) in [4.78, 5) is 79.1. The van der Waals surface area contributed by atoms with Crippen LogP contribution in [0.5, 0.6) is 0 Å². The van der Waals surface area contributed by atoms with Crippen LogP contribution in [0.15, 0.2) is 92.6 Å². The van der Waals surface area contributed by atoms with Crippen molar-refractivity contribution in [1.82, 2.24) is 35.6 Å². The number of likely N-dealkylation sites (tertiary alicyclic amines) is 2. The summed E-state index contributed by atoms with van der Waals surface area (Å²) in [5.41, 5.74) is 12.6. The normalized spacial score (nSPS) is 21.5. The number of morpholine rings is 1. The predicted octanol–water partition coefficient (Wildman–Crippen LogP) is 6.69. The highest BCUT2D eigenvalue weighted by molar-refractivity contribution is 7.13. The van der Waals surface area contributed by atoms with E-state index in [2.05, 4.69) is 30.8 Å². The van der Waals surface area contributed by atoms with Crippen LogP contribution in [0.3, 0.4) is 0 Å². The first-order valence-electron chi connectivity index (χ1n) is 28.3. The lowest BCUT2D eigenvalue weighted by Gasteiger charge is -2.35. The average Bonchev–Trinajstić information content (AvgIpc) is 4.12. The van der Waals surface area contributed by atoms with Crippen LogP contribution in [-0.4, -0.2) is 156 Å². The summed E-state index contributed by atoms with van der Waals surface area (Å²) in [6, 6.07) is 8.55. The van der Waals surface area contributed by atoms with E-state index in [9.17, 15) is 24.3 Å². The molecule has 6 N–H and O–H groups in total. The Morgan fingerprint density at radius 2 is 1.66 bits per heavy atom. The van der Waals surface area contributed by atoms with Gasteiger partial charge in [-0.3, -0.25) is 44.0 Å². The van der Waals surface area contributed by atoms with Gasteiger partial charge in [-0.2, -0.15) is 0 Å². The topological polar surface area (TPSA) is 220 Å². The summed E-state index contributed by atoms with van der Waals surface area (Å²) < 4.78 is 36.3. The minimum atomic E-state index is -0.877. The third-order valence-electron chi connectivity index (χ3n) is 15.6. The number of aromatic nitrogens is 1. The smallest absolute Gasteiger partial charge is 0.246 e. The van der Waals surface area contributed by atoms with Crippen molar-refractivity contribution >= 4 is 53.1 Å². The number of aryl methyl sites for hydroxylation is 1. The number of halogens is 2. The van der Waals surface area contributed by atoms with Gasteiger partial charge < -0.3 is 36.4 Å². The molecule has 5 heterocycles. The molecule has 4 unspecified atom stereocenters. The second-order valence-electron chi connectivity index (χ2n) is 22.6. The minimum absolute atomic E-state index is 0.00778. The number of nitrogens with two attached hydrogens (primary N) is 1. The van der Waals surface area contributed by atoms with Crippen molar-refractivity contribution in [3.05, 3.63) is 112 Å². The maximum atomic E-state index is 15.5. The Morgan fingerprint density at radius 1 is 0.950 bits per heavy atom. The standard InChI is InChI=1S/C60H79F2N11O6S/c1-39-56(80-38-68-39)41-17-15-40(16-18-41)32-67-58(77)52-30-45(74)35-73(52)59(78)57(60(2,3)4)70-53(75)14-9-7-5-6-8-10-21-64-54(76)37-71-22-19-44(20-23-71)65-33-43(31-63)51-34-66-50-13-11-12-46(55(50)69-51)42-28-48(61)47(49(62)29-42)36-72-24-26-79-27-25-72/h11-13,15-18,28-29,31,33-34,38,44-46,52,55,57,74H,5-10,14,19-27,30,32,35-37,63H2,1-4H3,(H,64,76)(H,67,77)(H,70,75)/t45?,46?,52-,55?,57?/m1/s1. The van der Waals surface area contributed by atoms with Crippen LogP contribution in [0, 0.1) is 24.0 Å². The van der Waals surface area contributed by atoms with Gasteiger partial charge in [-0.25, -0.2) is 13.8 Å². The van der Waals surface area contributed by atoms with Gasteiger partial charge in [0.15, 0.2) is 0 Å². The van der Waals surface area contributed by atoms with E-state index in [1.165, 1.54) is 23.2 Å². The summed E-state index contributed by atoms with van der Waals surface area (Å²) in [5.74, 6) is -2.55. The third kappa shape index (κ3) is 16.2. The second-order valence-corrected chi connectivity index (χ2v) is 23.5. The molecule has 3 fully saturated rings. The molecule has 17 nitrogen and oxygen atoms in total. The van der Waals surface area contributed by atoms with Gasteiger partial charge >= 0.3 is 0 Å². The van der Waals surface area contributed by atoms with Crippen LogP contribution in [0.4, 0.5) is 8.78 Å². The number of thiazole rings is 1. The number of allylic oxidation sites excluding steroid dienone is 3. The number of ether oxygens (including phenoxy) is 1. The summed E-state index contributed by atoms with van der Waals surface area (Å²) >= 11 is 1.58. The molecule has 3 aromatic rings. The monoisotopic (exact) mass is 1120 g/mol. The van der Waals surface area contributed by atoms with Crippen LogP contribution in [0.1, 0.15) is 113 Å². The first-order chi connectivity index (χ1) is 38.5. The van der Waals surface area contributed by atoms with Gasteiger partial charge in [0.25, 0.3) is 0 Å². The highest BCUT2D eigenvalue weighted by Crippen LogP contribution is 2.36. The lowest BCUT2D eigenvalue weighted by atomic mass is 9.85. The first kappa shape index (κ1) is 59.8. The fourth-order valence-electron chi connectivity index (χ4n) is 10.9. The van der Waals surface area contributed by atoms with Gasteiger partial charge in [0.05, 0.1) is 65.6 Å². The predicted molar refractivity (Wildman–Crippen MR) is 309 cm³/mol. The van der Waals surface area contributed by atoms with Gasteiger partial charge in [0.2, 0.25) is 23.6 Å². The highest BCUT2D eigenvalue weighted by atomic mass is 32.1. The van der Waals surface area contributed by atoms with E-state index in [4.69, 9.17) is 20.5 Å². The number of amides is 4. The van der Waals surface area contributed by atoms with Gasteiger partial charge in [-0.1, -0.05) is 82.9 Å². The molecule has 8 rings (SSSR count). The number of unbranched alkanes of at least 4 members (excludes halogenated alkanes) is 5. The van der Waals surface area contributed by atoms with E-state index >= 15 is 8.78 Å². The number of carbonyl (C=O) groups excluding carboxylic acids is 4. The zero-order chi connectivity index (χ0) is 56.8. The Labute approximate surface area is 473 Å². The molecule has 430 valence electrons. The maximum absolute atomic E-state index is 15.5. The first-order valence-corrected chi connectivity index (χ1v) is 29.2. The van der Waals surface area contributed by atoms with Gasteiger partial charge in [0, 0.05) is 94.7 Å². The van der Waals surface area contributed by atoms with E-state index < -0.39 is 47.2 Å². The van der Waals surface area contributed by atoms with Gasteiger partial charge in [-0.05, 0) is 72.9 Å². The molecule has 0 bridgehead atoms. The molecule has 1 aliphatic carbocycles. The lowest BCUT2D eigenvalue weighted by Crippen LogP contribution is -2.57. The number of rotatable bonds is 23. The van der Waals surface area contributed by atoms with Crippen molar-refractivity contribution < 1.29 is 37.8 Å². The van der Waals surface area contributed by atoms with Gasteiger partial charge in [0.1, 0.15) is 29.8 Å². The number of aliphatic hydroxyl groups is 1. The second kappa shape index (κ2) is 28.4. The van der Waals surface area contributed by atoms with E-state index in [-0.39, 0.29) is 67.7 Å². The number of nitrogens with zero attached hydrogens (tertiary/aromatic N) is 7. The Bertz CT molecular complexity index is 2810. The largest absolute Gasteiger partial charge is 0.404 e. The van der Waals surface area contributed by atoms with Crippen molar-refractivity contribution in [2.75, 3.05) is 59.0 Å². The lowest BCUT2D eigenvalue weighted by molar-refractivity contribution is -0.144. The fourth-order valence-corrected chi connectivity index (χ4v) is 11.7. The summed E-state index contributed by atoms with van der Waals surface area (Å²) in [6.45, 7) is 12.8. The molecular formula is C60H79F2N11O6S. The summed E-state index contributed by atoms with van der Waals surface area (Å²) in [6.07, 6.45) is 16.7. The number of aliphatic hydroxyl groups excluding tert-OH is 1. The Morgan fingerprint density at radius 3 is 2.35 bits per heavy atom. The number of fused-ring (bicyclic) bond motifs is 1. The molecular weight excluding hydrogens is 1040 g/mol. The molecule has 0 saturated carbocycles. The molecule has 0 spiro atoms. The minimum Gasteiger partial charge on any atom is -0.404 e. The number of aliphatic imine (C=N–C) groups is 3. The zero-order valence-corrected chi connectivity index (χ0v) is 47.5. The number of hydrogen-bond acceptors (Lipinski definition) is 14. The SMILES string of the molecule is Cc1ncsc1-c1ccc(CNC(=O)[C@H]2CC(O)CN2C(=O)C(NC(=O)CCCCCCCCNC(=O)CN2CCC(N=CC(=CN)C3=NC4C(=CC=CC4c4cc(F)c(CN5CCOCC5)c(F)c4)N=C3)CC2)C(C)(C)C)cc1. The number of benzene rings is 2. The van der Waals surface area contributed by atoms with Crippen molar-refractivity contribution in [2.45, 2.75) is 141 Å². The number of nitrogens with one attached hydrogen (secondary N) is 3. The van der Waals surface area contributed by atoms with Gasteiger partial charge in [-0.15, -0.1) is 11.3 Å². The molecule has 4 aliphatic heterocycles. The van der Waals surface area contributed by atoms with E-state index in [1.807, 2.05) is 80.6 Å². The van der Waals surface area contributed by atoms with E-state index in [1.54, 1.807) is 23.8 Å². The van der Waals surface area contributed by atoms with Crippen molar-refractivity contribution in [3.8, 4) is 10.4 Å². The highest BCUT2D eigenvalue weighted by Gasteiger charge is 2.44. The summed E-state index contributed by atoms with van der Waals surface area (Å²) in [7, 11) is 0. The number of carbonyl (C=O) groups is 4. The van der Waals surface area contributed by atoms with Crippen LogP contribution >= 0.6 is 11.3 Å². The molecule has 0 radical (unpaired) electrons. The van der Waals surface area contributed by atoms with Crippen LogP contribution in [0.2, 0.25) is 0 Å². The molecule has 5 atom stereocenters. The van der Waals surface area contributed by atoms with Crippen molar-refractivity contribution in [3.63, 3.8) is 0 Å². The van der Waals surface area contributed by atoms with Crippen molar-refractivity contribution in [1.29, 1.82) is 0 Å². The molecule has 3 saturated heterocycles. The molecule has 4 amide bonds. The number of β-amino-alcohol motifs (C(OH)–C–C–N with tert-alkyl or cyclic N) is 1. The number of hydrogen-bond donors (Lipinski definition) is 5. The van der Waals surface area contributed by atoms with E-state index in [0.717, 1.165) is 79.7 Å². The maximum Gasteiger partial charge on any atom is 0.246 e. The molecule has 1 aromatic heterocycles. The fraction of sp³-hybridized carbons (Fsp3) is 0.533. The van der Waals surface area contributed by atoms with Crippen LogP contribution in [-0.2, 0) is 37.0 Å². The third-order valence-corrected chi connectivity index (χ3v) is 16.5. The molecule has 80 heavy (non-hydrogen) atoms. The number of piperidine rings is 1. The summed E-state index contributed by atoms with van der Waals surface area (Å²) in [5, 5.41) is 19.6. The molecule has 2 aromatic carbocycles. The Hall–Kier alpha value is -6.32. The van der Waals surface area contributed by atoms with Crippen LogP contribution < -0.4 is 21.7 Å². The van der Waals surface area contributed by atoms with E-state index in [0.29, 0.717) is 68.4 Å². The zero-order valence-electron chi connectivity index (χ0n) is 46.7. The average molecular weight is 1120 g/mol. The Kier molecular flexibility index (Phi) is 21.2. The molecule has 5 aliphatic rings. The van der Waals surface area contributed by atoms with Crippen molar-refractivity contribution in [2.24, 2.45) is 26.1 Å². The Balaban J connectivity index is 0.688. The van der Waals surface area contributed by atoms with Crippen LogP contribution in [0.25, 0.3) is 10.4 Å².